The van der Waals surface area contributed by atoms with Gasteiger partial charge in [0.25, 0.3) is 0 Å². The fourth-order valence-corrected chi connectivity index (χ4v) is 3.02. The Morgan fingerprint density at radius 1 is 1.65 bits per heavy atom. The second kappa shape index (κ2) is 4.21. The van der Waals surface area contributed by atoms with Gasteiger partial charge in [-0.05, 0) is 6.07 Å². The Morgan fingerprint density at radius 2 is 2.53 bits per heavy atom. The number of pyridine rings is 1. The first-order valence-corrected chi connectivity index (χ1v) is 6.44. The molecule has 0 unspecified atom stereocenters. The molecular formula is C11H13N3O2S. The van der Waals surface area contributed by atoms with Gasteiger partial charge >= 0.3 is 0 Å². The highest BCUT2D eigenvalue weighted by atomic mass is 32.2. The third-order valence-corrected chi connectivity index (χ3v) is 4.03. The van der Waals surface area contributed by atoms with Crippen LogP contribution in [0.4, 0.5) is 5.82 Å². The molecule has 0 spiro atoms. The molecule has 3 heterocycles. The van der Waals surface area contributed by atoms with E-state index in [0.717, 1.165) is 22.2 Å². The first-order valence-electron chi connectivity index (χ1n) is 5.39. The van der Waals surface area contributed by atoms with Crippen LogP contribution >= 0.6 is 11.8 Å². The van der Waals surface area contributed by atoms with E-state index >= 15 is 0 Å². The molecule has 0 saturated carbocycles. The molecule has 17 heavy (non-hydrogen) atoms. The highest BCUT2D eigenvalue weighted by molar-refractivity contribution is 8.00. The van der Waals surface area contributed by atoms with Gasteiger partial charge in [0.2, 0.25) is 0 Å². The largest absolute Gasteiger partial charge is 0.393 e. The molecule has 6 heteroatoms. The van der Waals surface area contributed by atoms with Gasteiger partial charge in [-0.3, -0.25) is 0 Å². The lowest BCUT2D eigenvalue weighted by molar-refractivity contribution is 0.0349. The van der Waals surface area contributed by atoms with Crippen LogP contribution in [0, 0.1) is 0 Å². The van der Waals surface area contributed by atoms with Crippen molar-refractivity contribution in [3.8, 4) is 0 Å². The summed E-state index contributed by atoms with van der Waals surface area (Å²) in [4.78, 5) is 7.35. The van der Waals surface area contributed by atoms with Crippen LogP contribution in [0.25, 0.3) is 10.9 Å². The first kappa shape index (κ1) is 10.9. The van der Waals surface area contributed by atoms with Gasteiger partial charge in [-0.1, -0.05) is 0 Å². The number of nitrogens with zero attached hydrogens (tertiary/aromatic N) is 1. The van der Waals surface area contributed by atoms with E-state index in [0.29, 0.717) is 5.82 Å². The van der Waals surface area contributed by atoms with Crippen molar-refractivity contribution in [3.63, 3.8) is 0 Å². The van der Waals surface area contributed by atoms with E-state index in [2.05, 4.69) is 9.97 Å². The Bertz CT molecular complexity index is 542. The van der Waals surface area contributed by atoms with Gasteiger partial charge in [-0.2, -0.15) is 0 Å². The maximum absolute atomic E-state index is 9.06. The number of fused-ring (bicyclic) bond motifs is 1. The fraction of sp³-hybridized carbons (Fsp3) is 0.364. The van der Waals surface area contributed by atoms with Crippen LogP contribution in [0.5, 0.6) is 0 Å². The van der Waals surface area contributed by atoms with Gasteiger partial charge in [0.1, 0.15) is 11.3 Å². The van der Waals surface area contributed by atoms with Crippen LogP contribution in [-0.4, -0.2) is 32.9 Å². The van der Waals surface area contributed by atoms with Crippen molar-refractivity contribution in [2.24, 2.45) is 0 Å². The molecule has 2 aromatic rings. The number of aliphatic hydroxyl groups is 1. The number of H-pyrrole nitrogens is 1. The normalized spacial score (nSPS) is 24.5. The molecule has 1 fully saturated rings. The quantitative estimate of drug-likeness (QED) is 0.748. The molecule has 0 aromatic carbocycles. The van der Waals surface area contributed by atoms with E-state index in [4.69, 9.17) is 15.6 Å². The second-order valence-electron chi connectivity index (χ2n) is 3.94. The summed E-state index contributed by atoms with van der Waals surface area (Å²) in [5, 5.41) is 9.98. The van der Waals surface area contributed by atoms with Crippen molar-refractivity contribution < 1.29 is 9.84 Å². The van der Waals surface area contributed by atoms with Gasteiger partial charge in [0.15, 0.2) is 0 Å². The highest BCUT2D eigenvalue weighted by Gasteiger charge is 2.28. The fourth-order valence-electron chi connectivity index (χ4n) is 2.05. The van der Waals surface area contributed by atoms with Crippen LogP contribution in [-0.2, 0) is 4.74 Å². The van der Waals surface area contributed by atoms with E-state index in [1.54, 1.807) is 18.0 Å². The summed E-state index contributed by atoms with van der Waals surface area (Å²) in [6.45, 7) is 0.0391. The summed E-state index contributed by atoms with van der Waals surface area (Å²) >= 11 is 1.62. The molecule has 1 aliphatic heterocycles. The maximum atomic E-state index is 9.06. The molecular weight excluding hydrogens is 238 g/mol. The molecule has 90 valence electrons. The summed E-state index contributed by atoms with van der Waals surface area (Å²) in [6.07, 6.45) is 3.56. The molecule has 0 aliphatic carbocycles. The lowest BCUT2D eigenvalue weighted by Gasteiger charge is -2.12. The van der Waals surface area contributed by atoms with Crippen molar-refractivity contribution in [1.82, 2.24) is 9.97 Å². The van der Waals surface area contributed by atoms with Crippen molar-refractivity contribution in [2.75, 3.05) is 18.1 Å². The zero-order valence-electron chi connectivity index (χ0n) is 9.09. The Morgan fingerprint density at radius 3 is 3.29 bits per heavy atom. The summed E-state index contributed by atoms with van der Waals surface area (Å²) in [7, 11) is 0. The summed E-state index contributed by atoms with van der Waals surface area (Å²) in [5.74, 6) is 1.35. The summed E-state index contributed by atoms with van der Waals surface area (Å²) in [5.41, 5.74) is 7.64. The number of ether oxygens (including phenoxy) is 1. The Labute approximate surface area is 102 Å². The molecule has 0 radical (unpaired) electrons. The minimum atomic E-state index is -0.137. The van der Waals surface area contributed by atoms with E-state index in [9.17, 15) is 0 Å². The van der Waals surface area contributed by atoms with Gasteiger partial charge in [0.05, 0.1) is 18.2 Å². The van der Waals surface area contributed by atoms with Crippen molar-refractivity contribution in [2.45, 2.75) is 11.5 Å². The maximum Gasteiger partial charge on any atom is 0.132 e. The minimum Gasteiger partial charge on any atom is -0.393 e. The molecule has 2 atom stereocenters. The molecule has 3 rings (SSSR count). The Balaban J connectivity index is 2.01. The minimum absolute atomic E-state index is 0.0357. The second-order valence-corrected chi connectivity index (χ2v) is 5.13. The zero-order valence-corrected chi connectivity index (χ0v) is 9.91. The summed E-state index contributed by atoms with van der Waals surface area (Å²) < 4.78 is 5.73. The Hall–Kier alpha value is -1.24. The van der Waals surface area contributed by atoms with Gasteiger partial charge in [-0.15, -0.1) is 11.8 Å². The SMILES string of the molecule is Nc1ncc([C@@H]2CS[C@@H](CO)O2)c2[nH]ccc12. The topological polar surface area (TPSA) is 84.2 Å². The van der Waals surface area contributed by atoms with Crippen LogP contribution in [0.2, 0.25) is 0 Å². The number of aliphatic hydroxyl groups excluding tert-OH is 1. The van der Waals surface area contributed by atoms with Crippen molar-refractivity contribution in [1.29, 1.82) is 0 Å². The monoisotopic (exact) mass is 251 g/mol. The van der Waals surface area contributed by atoms with E-state index < -0.39 is 0 Å². The number of hydrogen-bond donors (Lipinski definition) is 3. The van der Waals surface area contributed by atoms with Crippen LogP contribution < -0.4 is 5.73 Å². The number of nitrogens with one attached hydrogen (secondary N) is 1. The third kappa shape index (κ3) is 1.78. The van der Waals surface area contributed by atoms with Crippen LogP contribution in [0.1, 0.15) is 11.7 Å². The van der Waals surface area contributed by atoms with Gasteiger partial charge < -0.3 is 20.6 Å². The number of nitrogen functional groups attached to an aromatic ring is 1. The number of hydrogen-bond acceptors (Lipinski definition) is 5. The molecule has 1 aliphatic rings. The molecule has 1 saturated heterocycles. The van der Waals surface area contributed by atoms with E-state index in [-0.39, 0.29) is 18.1 Å². The average Bonchev–Trinajstić information content (AvgIpc) is 2.98. The predicted molar refractivity (Wildman–Crippen MR) is 67.7 cm³/mol. The lowest BCUT2D eigenvalue weighted by Crippen LogP contribution is -2.09. The average molecular weight is 251 g/mol. The van der Waals surface area contributed by atoms with Crippen molar-refractivity contribution in [3.05, 3.63) is 24.0 Å². The number of anilines is 1. The molecule has 0 amide bonds. The highest BCUT2D eigenvalue weighted by Crippen LogP contribution is 2.37. The van der Waals surface area contributed by atoms with Crippen LogP contribution in [0.15, 0.2) is 18.5 Å². The number of aromatic nitrogens is 2. The molecule has 5 nitrogen and oxygen atoms in total. The predicted octanol–water partition coefficient (Wildman–Crippen LogP) is 1.27. The number of aromatic amines is 1. The molecule has 4 N–H and O–H groups in total. The number of thioether (sulfide) groups is 1. The number of nitrogens with two attached hydrogens (primary N) is 1. The summed E-state index contributed by atoms with van der Waals surface area (Å²) in [6, 6.07) is 1.91. The van der Waals surface area contributed by atoms with Gasteiger partial charge in [0, 0.05) is 29.1 Å². The van der Waals surface area contributed by atoms with E-state index in [1.165, 1.54) is 0 Å². The number of rotatable bonds is 2. The van der Waals surface area contributed by atoms with Crippen molar-refractivity contribution >= 4 is 28.5 Å². The molecule has 2 aromatic heterocycles. The van der Waals surface area contributed by atoms with Gasteiger partial charge in [-0.25, -0.2) is 4.98 Å². The first-order chi connectivity index (χ1) is 8.29. The Kier molecular flexibility index (Phi) is 2.70. The lowest BCUT2D eigenvalue weighted by atomic mass is 10.1. The molecule has 0 bridgehead atoms. The zero-order chi connectivity index (χ0) is 11.8. The standard InChI is InChI=1S/C11H13N3O2S/c12-11-6-1-2-13-10(6)7(3-14-11)8-5-17-9(4-15)16-8/h1-3,8-9,13,15H,4-5H2,(H2,12,14)/t8-,9-/m0/s1. The smallest absolute Gasteiger partial charge is 0.132 e. The third-order valence-electron chi connectivity index (χ3n) is 2.90. The van der Waals surface area contributed by atoms with E-state index in [1.807, 2.05) is 12.3 Å². The van der Waals surface area contributed by atoms with Crippen LogP contribution in [0.3, 0.4) is 0 Å².